The highest BCUT2D eigenvalue weighted by atomic mass is 15.2. The van der Waals surface area contributed by atoms with E-state index in [4.69, 9.17) is 5.73 Å². The van der Waals surface area contributed by atoms with Crippen LogP contribution in [0.25, 0.3) is 0 Å². The van der Waals surface area contributed by atoms with Crippen molar-refractivity contribution in [1.29, 1.82) is 0 Å². The molecule has 0 saturated heterocycles. The van der Waals surface area contributed by atoms with Crippen molar-refractivity contribution in [3.63, 3.8) is 0 Å². The predicted molar refractivity (Wildman–Crippen MR) is 46.0 cm³/mol. The van der Waals surface area contributed by atoms with Crippen LogP contribution in [0.1, 0.15) is 13.8 Å². The van der Waals surface area contributed by atoms with Crippen molar-refractivity contribution in [2.45, 2.75) is 20.1 Å². The Morgan fingerprint density at radius 1 is 1.82 bits per heavy atom. The van der Waals surface area contributed by atoms with Crippen molar-refractivity contribution in [3.8, 4) is 0 Å². The fourth-order valence-electron chi connectivity index (χ4n) is 0.977. The minimum absolute atomic E-state index is 0.297. The van der Waals surface area contributed by atoms with Crippen LogP contribution >= 0.6 is 0 Å². The average molecular weight is 154 g/mol. The van der Waals surface area contributed by atoms with Crippen LogP contribution in [0, 0.1) is 0 Å². The van der Waals surface area contributed by atoms with Crippen LogP contribution in [-0.2, 0) is 0 Å². The SMILES string of the molecule is CCNC1=NC(N)NC(C)=C1. The molecular weight excluding hydrogens is 140 g/mol. The highest BCUT2D eigenvalue weighted by Crippen LogP contribution is 1.96. The Morgan fingerprint density at radius 3 is 3.09 bits per heavy atom. The minimum Gasteiger partial charge on any atom is -0.370 e. The molecule has 0 aromatic heterocycles. The largest absolute Gasteiger partial charge is 0.370 e. The Hall–Kier alpha value is -1.03. The van der Waals surface area contributed by atoms with Gasteiger partial charge in [-0.15, -0.1) is 0 Å². The van der Waals surface area contributed by atoms with Gasteiger partial charge >= 0.3 is 0 Å². The van der Waals surface area contributed by atoms with Crippen LogP contribution in [0.15, 0.2) is 16.8 Å². The zero-order chi connectivity index (χ0) is 8.27. The summed E-state index contributed by atoms with van der Waals surface area (Å²) in [6.07, 6.45) is 1.64. The molecule has 0 spiro atoms. The summed E-state index contributed by atoms with van der Waals surface area (Å²) in [5.74, 6) is 0.858. The monoisotopic (exact) mass is 154 g/mol. The topological polar surface area (TPSA) is 62.4 Å². The fraction of sp³-hybridized carbons (Fsp3) is 0.571. The van der Waals surface area contributed by atoms with E-state index in [1.807, 2.05) is 19.9 Å². The number of aliphatic imine (C=N–C) groups is 1. The third-order valence-corrected chi connectivity index (χ3v) is 1.36. The van der Waals surface area contributed by atoms with Gasteiger partial charge in [0.05, 0.1) is 0 Å². The van der Waals surface area contributed by atoms with Crippen molar-refractivity contribution in [1.82, 2.24) is 10.6 Å². The molecule has 0 saturated carbocycles. The lowest BCUT2D eigenvalue weighted by Gasteiger charge is -2.18. The van der Waals surface area contributed by atoms with Gasteiger partial charge in [-0.3, -0.25) is 5.73 Å². The number of allylic oxidation sites excluding steroid dienone is 1. The van der Waals surface area contributed by atoms with Gasteiger partial charge in [-0.1, -0.05) is 0 Å². The summed E-state index contributed by atoms with van der Waals surface area (Å²) in [5, 5.41) is 6.08. The second-order valence-electron chi connectivity index (χ2n) is 2.46. The number of nitrogens with zero attached hydrogens (tertiary/aromatic N) is 1. The Labute approximate surface area is 66.6 Å². The molecule has 0 fully saturated rings. The second-order valence-corrected chi connectivity index (χ2v) is 2.46. The van der Waals surface area contributed by atoms with Crippen LogP contribution in [0.2, 0.25) is 0 Å². The van der Waals surface area contributed by atoms with E-state index in [1.54, 1.807) is 0 Å². The Morgan fingerprint density at radius 2 is 2.55 bits per heavy atom. The fourth-order valence-corrected chi connectivity index (χ4v) is 0.977. The number of likely N-dealkylation sites (N-methyl/N-ethyl adjacent to an activating group) is 1. The third kappa shape index (κ3) is 2.23. The molecule has 0 amide bonds. The quantitative estimate of drug-likeness (QED) is 0.488. The number of nitrogens with two attached hydrogens (primary N) is 1. The summed E-state index contributed by atoms with van der Waals surface area (Å²) in [7, 11) is 0. The summed E-state index contributed by atoms with van der Waals surface area (Å²) in [6.45, 7) is 4.86. The lowest BCUT2D eigenvalue weighted by Crippen LogP contribution is -2.40. The number of rotatable bonds is 1. The standard InChI is InChI=1S/C7H14N4/c1-3-9-6-4-5(2)10-7(8)11-6/h4,7,10H,3,8H2,1-2H3,(H,9,11). The first kappa shape index (κ1) is 8.07. The van der Waals surface area contributed by atoms with Crippen molar-refractivity contribution >= 4 is 5.84 Å². The average Bonchev–Trinajstić information content (AvgIpc) is 1.85. The molecule has 4 N–H and O–H groups in total. The van der Waals surface area contributed by atoms with Gasteiger partial charge in [0.2, 0.25) is 0 Å². The normalized spacial score (nSPS) is 23.4. The van der Waals surface area contributed by atoms with Gasteiger partial charge in [0.1, 0.15) is 5.84 Å². The molecule has 0 bridgehead atoms. The number of hydrogen-bond acceptors (Lipinski definition) is 4. The Balaban J connectivity index is 2.62. The van der Waals surface area contributed by atoms with Crippen molar-refractivity contribution in [3.05, 3.63) is 11.8 Å². The Bertz CT molecular complexity index is 195. The van der Waals surface area contributed by atoms with Gasteiger partial charge in [-0.2, -0.15) is 0 Å². The van der Waals surface area contributed by atoms with Gasteiger partial charge in [0, 0.05) is 12.2 Å². The van der Waals surface area contributed by atoms with E-state index >= 15 is 0 Å². The molecule has 11 heavy (non-hydrogen) atoms. The van der Waals surface area contributed by atoms with E-state index in [0.29, 0.717) is 0 Å². The van der Waals surface area contributed by atoms with E-state index in [0.717, 1.165) is 18.1 Å². The molecule has 4 nitrogen and oxygen atoms in total. The lowest BCUT2D eigenvalue weighted by atomic mass is 10.3. The molecule has 1 unspecified atom stereocenters. The molecule has 62 valence electrons. The third-order valence-electron chi connectivity index (χ3n) is 1.36. The first-order chi connectivity index (χ1) is 5.22. The number of nitrogens with one attached hydrogen (secondary N) is 2. The Kier molecular flexibility index (Phi) is 2.48. The summed E-state index contributed by atoms with van der Waals surface area (Å²) in [4.78, 5) is 4.12. The van der Waals surface area contributed by atoms with E-state index < -0.39 is 0 Å². The molecule has 1 rings (SSSR count). The molecule has 1 aliphatic heterocycles. The molecule has 0 aromatic rings. The van der Waals surface area contributed by atoms with Gasteiger partial charge in [-0.25, -0.2) is 4.99 Å². The zero-order valence-electron chi connectivity index (χ0n) is 6.89. The number of amidine groups is 1. The van der Waals surface area contributed by atoms with Gasteiger partial charge in [0.15, 0.2) is 6.29 Å². The summed E-state index contributed by atoms with van der Waals surface area (Å²) < 4.78 is 0. The van der Waals surface area contributed by atoms with Crippen LogP contribution in [0.5, 0.6) is 0 Å². The first-order valence-electron chi connectivity index (χ1n) is 3.74. The number of hydrogen-bond donors (Lipinski definition) is 3. The predicted octanol–water partition coefficient (Wildman–Crippen LogP) is -0.256. The van der Waals surface area contributed by atoms with Crippen LogP contribution in [0.4, 0.5) is 0 Å². The van der Waals surface area contributed by atoms with Crippen LogP contribution < -0.4 is 16.4 Å². The molecule has 0 aromatic carbocycles. The van der Waals surface area contributed by atoms with Crippen molar-refractivity contribution in [2.24, 2.45) is 10.7 Å². The van der Waals surface area contributed by atoms with E-state index in [9.17, 15) is 0 Å². The second kappa shape index (κ2) is 3.39. The highest BCUT2D eigenvalue weighted by Gasteiger charge is 2.06. The summed E-state index contributed by atoms with van der Waals surface area (Å²) in [5.41, 5.74) is 6.61. The molecule has 1 atom stereocenters. The first-order valence-corrected chi connectivity index (χ1v) is 3.74. The molecule has 0 aliphatic carbocycles. The molecule has 1 aliphatic rings. The maximum Gasteiger partial charge on any atom is 0.173 e. The molecular formula is C7H14N4. The van der Waals surface area contributed by atoms with E-state index in [2.05, 4.69) is 15.6 Å². The van der Waals surface area contributed by atoms with E-state index in [1.165, 1.54) is 0 Å². The summed E-state index contributed by atoms with van der Waals surface area (Å²) in [6, 6.07) is 0. The van der Waals surface area contributed by atoms with Crippen molar-refractivity contribution in [2.75, 3.05) is 6.54 Å². The minimum atomic E-state index is -0.297. The molecule has 4 heteroatoms. The lowest BCUT2D eigenvalue weighted by molar-refractivity contribution is 0.603. The zero-order valence-corrected chi connectivity index (χ0v) is 6.89. The summed E-state index contributed by atoms with van der Waals surface area (Å²) >= 11 is 0. The van der Waals surface area contributed by atoms with Crippen LogP contribution in [-0.4, -0.2) is 18.7 Å². The maximum atomic E-state index is 5.57. The highest BCUT2D eigenvalue weighted by molar-refractivity contribution is 5.94. The maximum absolute atomic E-state index is 5.57. The molecule has 1 heterocycles. The van der Waals surface area contributed by atoms with Crippen molar-refractivity contribution < 1.29 is 0 Å². The molecule has 0 radical (unpaired) electrons. The van der Waals surface area contributed by atoms with Gasteiger partial charge < -0.3 is 10.6 Å². The van der Waals surface area contributed by atoms with Gasteiger partial charge in [0.25, 0.3) is 0 Å². The van der Waals surface area contributed by atoms with Crippen LogP contribution in [0.3, 0.4) is 0 Å². The smallest absolute Gasteiger partial charge is 0.173 e. The van der Waals surface area contributed by atoms with E-state index in [-0.39, 0.29) is 6.29 Å². The van der Waals surface area contributed by atoms with Gasteiger partial charge in [-0.05, 0) is 19.9 Å².